The molecule has 2 rings (SSSR count). The van der Waals surface area contributed by atoms with Crippen molar-refractivity contribution in [3.8, 4) is 5.75 Å². The molecule has 0 saturated heterocycles. The number of sulfone groups is 1. The summed E-state index contributed by atoms with van der Waals surface area (Å²) < 4.78 is 55.8. The first-order valence-corrected chi connectivity index (χ1v) is 10.7. The lowest BCUT2D eigenvalue weighted by Gasteiger charge is -2.13. The first kappa shape index (κ1) is 18.3. The van der Waals surface area contributed by atoms with Gasteiger partial charge in [0.05, 0.1) is 22.1 Å². The van der Waals surface area contributed by atoms with Crippen LogP contribution in [0.1, 0.15) is 13.3 Å². The molecule has 0 amide bonds. The zero-order chi connectivity index (χ0) is 17.8. The van der Waals surface area contributed by atoms with E-state index in [2.05, 4.69) is 4.72 Å². The fourth-order valence-corrected chi connectivity index (χ4v) is 3.66. The minimum Gasteiger partial charge on any atom is -0.491 e. The van der Waals surface area contributed by atoms with Crippen LogP contribution in [0.5, 0.6) is 5.75 Å². The molecule has 24 heavy (non-hydrogen) atoms. The largest absolute Gasteiger partial charge is 0.491 e. The number of hydrogen-bond donors (Lipinski definition) is 1. The van der Waals surface area contributed by atoms with Crippen molar-refractivity contribution in [1.29, 1.82) is 0 Å². The molecule has 0 aliphatic carbocycles. The third-order valence-corrected chi connectivity index (χ3v) is 5.67. The molecule has 2 aromatic carbocycles. The van der Waals surface area contributed by atoms with Gasteiger partial charge in [0.2, 0.25) is 0 Å². The number of rotatable bonds is 7. The quantitative estimate of drug-likeness (QED) is 0.810. The summed E-state index contributed by atoms with van der Waals surface area (Å²) in [4.78, 5) is 0.0355. The van der Waals surface area contributed by atoms with E-state index in [9.17, 15) is 16.8 Å². The second kappa shape index (κ2) is 7.23. The minimum absolute atomic E-state index is 0.0276. The molecular weight excluding hydrogens is 350 g/mol. The van der Waals surface area contributed by atoms with Gasteiger partial charge in [0.25, 0.3) is 10.0 Å². The van der Waals surface area contributed by atoms with Gasteiger partial charge >= 0.3 is 0 Å². The van der Waals surface area contributed by atoms with E-state index in [1.807, 2.05) is 6.92 Å². The van der Waals surface area contributed by atoms with Crippen LogP contribution in [0.4, 0.5) is 5.69 Å². The molecule has 1 N–H and O–H groups in total. The van der Waals surface area contributed by atoms with Crippen molar-refractivity contribution in [3.05, 3.63) is 48.5 Å². The number of sulfonamides is 1. The van der Waals surface area contributed by atoms with Crippen molar-refractivity contribution in [2.75, 3.05) is 17.6 Å². The van der Waals surface area contributed by atoms with E-state index in [1.165, 1.54) is 24.3 Å². The fourth-order valence-electron chi connectivity index (χ4n) is 1.96. The SMILES string of the molecule is CCCOc1ccccc1NS(=O)(=O)c1ccc(S(C)(=O)=O)cc1. The van der Waals surface area contributed by atoms with E-state index in [-0.39, 0.29) is 9.79 Å². The Morgan fingerprint density at radius 2 is 1.50 bits per heavy atom. The van der Waals surface area contributed by atoms with Gasteiger partial charge in [-0.1, -0.05) is 19.1 Å². The molecule has 0 aliphatic heterocycles. The van der Waals surface area contributed by atoms with Gasteiger partial charge in [0, 0.05) is 6.26 Å². The zero-order valence-electron chi connectivity index (χ0n) is 13.4. The van der Waals surface area contributed by atoms with Crippen LogP contribution >= 0.6 is 0 Å². The fraction of sp³-hybridized carbons (Fsp3) is 0.250. The van der Waals surface area contributed by atoms with Crippen LogP contribution in [0.25, 0.3) is 0 Å². The maximum Gasteiger partial charge on any atom is 0.262 e. The van der Waals surface area contributed by atoms with Crippen LogP contribution < -0.4 is 9.46 Å². The predicted molar refractivity (Wildman–Crippen MR) is 92.6 cm³/mol. The number of ether oxygens (including phenoxy) is 1. The second-order valence-corrected chi connectivity index (χ2v) is 8.89. The highest BCUT2D eigenvalue weighted by molar-refractivity contribution is 7.92. The van der Waals surface area contributed by atoms with Gasteiger partial charge in [-0.05, 0) is 42.8 Å². The van der Waals surface area contributed by atoms with Gasteiger partial charge in [-0.25, -0.2) is 16.8 Å². The average Bonchev–Trinajstić information content (AvgIpc) is 2.53. The Bertz CT molecular complexity index is 904. The van der Waals surface area contributed by atoms with E-state index in [0.29, 0.717) is 18.0 Å². The van der Waals surface area contributed by atoms with E-state index >= 15 is 0 Å². The van der Waals surface area contributed by atoms with Crippen molar-refractivity contribution in [2.45, 2.75) is 23.1 Å². The lowest BCUT2D eigenvalue weighted by atomic mass is 10.3. The normalized spacial score (nSPS) is 11.9. The van der Waals surface area contributed by atoms with E-state index < -0.39 is 19.9 Å². The summed E-state index contributed by atoms with van der Waals surface area (Å²) in [7, 11) is -7.22. The minimum atomic E-state index is -3.85. The molecule has 0 aromatic heterocycles. The standard InChI is InChI=1S/C16H19NO5S2/c1-3-12-22-16-7-5-4-6-15(16)17-24(20,21)14-10-8-13(9-11-14)23(2,18)19/h4-11,17H,3,12H2,1-2H3. The molecule has 0 saturated carbocycles. The number of nitrogens with one attached hydrogen (secondary N) is 1. The molecule has 0 aliphatic rings. The summed E-state index contributed by atoms with van der Waals surface area (Å²) in [6.45, 7) is 2.43. The average molecular weight is 369 g/mol. The van der Waals surface area contributed by atoms with Gasteiger partial charge in [-0.2, -0.15) is 0 Å². The van der Waals surface area contributed by atoms with Crippen molar-refractivity contribution in [2.24, 2.45) is 0 Å². The topological polar surface area (TPSA) is 89.5 Å². The number of benzene rings is 2. The summed E-state index contributed by atoms with van der Waals surface area (Å²) in [6, 6.07) is 11.8. The van der Waals surface area contributed by atoms with Gasteiger partial charge in [-0.15, -0.1) is 0 Å². The molecule has 0 spiro atoms. The Kier molecular flexibility index (Phi) is 5.51. The number of para-hydroxylation sites is 2. The molecule has 0 radical (unpaired) electrons. The monoisotopic (exact) mass is 369 g/mol. The molecule has 2 aromatic rings. The summed E-state index contributed by atoms with van der Waals surface area (Å²) in [6.07, 6.45) is 1.87. The molecule has 0 unspecified atom stereocenters. The van der Waals surface area contributed by atoms with E-state index in [4.69, 9.17) is 4.74 Å². The van der Waals surface area contributed by atoms with Crippen LogP contribution in [-0.2, 0) is 19.9 Å². The predicted octanol–water partition coefficient (Wildman–Crippen LogP) is 2.68. The van der Waals surface area contributed by atoms with Crippen molar-refractivity contribution < 1.29 is 21.6 Å². The third-order valence-electron chi connectivity index (χ3n) is 3.16. The maximum absolute atomic E-state index is 12.5. The van der Waals surface area contributed by atoms with Gasteiger partial charge < -0.3 is 4.74 Å². The molecule has 0 fully saturated rings. The Morgan fingerprint density at radius 1 is 0.917 bits per heavy atom. The van der Waals surface area contributed by atoms with Crippen LogP contribution in [0, 0.1) is 0 Å². The van der Waals surface area contributed by atoms with Crippen LogP contribution in [0.3, 0.4) is 0 Å². The second-order valence-electron chi connectivity index (χ2n) is 5.19. The maximum atomic E-state index is 12.5. The summed E-state index contributed by atoms with van der Waals surface area (Å²) in [5.74, 6) is 0.440. The summed E-state index contributed by atoms with van der Waals surface area (Å²) in [5, 5.41) is 0. The lowest BCUT2D eigenvalue weighted by Crippen LogP contribution is -2.14. The third kappa shape index (κ3) is 4.48. The molecule has 0 heterocycles. The van der Waals surface area contributed by atoms with Crippen molar-refractivity contribution in [3.63, 3.8) is 0 Å². The van der Waals surface area contributed by atoms with Crippen LogP contribution in [0.2, 0.25) is 0 Å². The smallest absolute Gasteiger partial charge is 0.262 e. The van der Waals surface area contributed by atoms with Crippen molar-refractivity contribution in [1.82, 2.24) is 0 Å². The van der Waals surface area contributed by atoms with Gasteiger partial charge in [0.1, 0.15) is 5.75 Å². The lowest BCUT2D eigenvalue weighted by molar-refractivity contribution is 0.319. The Morgan fingerprint density at radius 3 is 2.08 bits per heavy atom. The Hall–Kier alpha value is -2.06. The Balaban J connectivity index is 2.29. The van der Waals surface area contributed by atoms with Gasteiger partial charge in [0.15, 0.2) is 9.84 Å². The zero-order valence-corrected chi connectivity index (χ0v) is 15.0. The molecule has 8 heteroatoms. The van der Waals surface area contributed by atoms with Gasteiger partial charge in [-0.3, -0.25) is 4.72 Å². The van der Waals surface area contributed by atoms with Crippen molar-refractivity contribution >= 4 is 25.5 Å². The first-order chi connectivity index (χ1) is 11.2. The van der Waals surface area contributed by atoms with Crippen LogP contribution in [0.15, 0.2) is 58.3 Å². The number of hydrogen-bond acceptors (Lipinski definition) is 5. The van der Waals surface area contributed by atoms with E-state index in [1.54, 1.807) is 24.3 Å². The number of anilines is 1. The highest BCUT2D eigenvalue weighted by Crippen LogP contribution is 2.27. The molecule has 0 atom stereocenters. The first-order valence-electron chi connectivity index (χ1n) is 7.29. The van der Waals surface area contributed by atoms with E-state index in [0.717, 1.165) is 12.7 Å². The molecular formula is C16H19NO5S2. The highest BCUT2D eigenvalue weighted by atomic mass is 32.2. The highest BCUT2D eigenvalue weighted by Gasteiger charge is 2.17. The molecule has 130 valence electrons. The molecule has 0 bridgehead atoms. The van der Waals surface area contributed by atoms with Crippen LogP contribution in [-0.4, -0.2) is 29.7 Å². The summed E-state index contributed by atoms with van der Waals surface area (Å²) in [5.41, 5.74) is 0.332. The molecule has 6 nitrogen and oxygen atoms in total. The summed E-state index contributed by atoms with van der Waals surface area (Å²) >= 11 is 0. The Labute approximate surface area is 142 Å².